The van der Waals surface area contributed by atoms with Crippen molar-refractivity contribution in [2.24, 2.45) is 5.10 Å². The highest BCUT2D eigenvalue weighted by Crippen LogP contribution is 2.36. The minimum Gasteiger partial charge on any atom is -0.490 e. The highest BCUT2D eigenvalue weighted by atomic mass is 35.5. The number of hydrazone groups is 1. The van der Waals surface area contributed by atoms with Gasteiger partial charge in [0.25, 0.3) is 0 Å². The summed E-state index contributed by atoms with van der Waals surface area (Å²) in [6, 6.07) is 11.5. The number of rotatable bonds is 8. The molecular formula is C20H24ClN3O2S. The first-order valence-electron chi connectivity index (χ1n) is 8.80. The quantitative estimate of drug-likeness (QED) is 0.361. The van der Waals surface area contributed by atoms with E-state index in [2.05, 4.69) is 15.8 Å². The number of hydrogen-bond donors (Lipinski definition) is 2. The Hall–Kier alpha value is -2.31. The van der Waals surface area contributed by atoms with Gasteiger partial charge in [0.2, 0.25) is 0 Å². The molecule has 2 N–H and O–H groups in total. The lowest BCUT2D eigenvalue weighted by Crippen LogP contribution is -2.24. The zero-order valence-corrected chi connectivity index (χ0v) is 17.3. The van der Waals surface area contributed by atoms with Gasteiger partial charge in [0, 0.05) is 5.69 Å². The topological polar surface area (TPSA) is 54.9 Å². The fourth-order valence-electron chi connectivity index (χ4n) is 2.30. The van der Waals surface area contributed by atoms with Gasteiger partial charge in [0.15, 0.2) is 16.6 Å². The maximum Gasteiger partial charge on any atom is 0.191 e. The van der Waals surface area contributed by atoms with E-state index in [-0.39, 0.29) is 0 Å². The summed E-state index contributed by atoms with van der Waals surface area (Å²) in [5.74, 6) is 1.16. The lowest BCUT2D eigenvalue weighted by Gasteiger charge is -2.14. The number of ether oxygens (including phenoxy) is 2. The van der Waals surface area contributed by atoms with Crippen LogP contribution in [-0.2, 0) is 0 Å². The maximum absolute atomic E-state index is 6.35. The van der Waals surface area contributed by atoms with Gasteiger partial charge >= 0.3 is 0 Å². The average molecular weight is 406 g/mol. The van der Waals surface area contributed by atoms with Crippen LogP contribution in [0.15, 0.2) is 41.5 Å². The molecule has 0 unspecified atom stereocenters. The number of nitrogens with zero attached hydrogens (tertiary/aromatic N) is 1. The van der Waals surface area contributed by atoms with Crippen LogP contribution in [0, 0.1) is 6.92 Å². The Bertz CT molecular complexity index is 812. The Morgan fingerprint density at radius 1 is 1.22 bits per heavy atom. The summed E-state index contributed by atoms with van der Waals surface area (Å²) in [6.07, 6.45) is 2.52. The molecule has 0 aliphatic heterocycles. The molecule has 0 aromatic heterocycles. The van der Waals surface area contributed by atoms with E-state index in [1.807, 2.05) is 51.1 Å². The summed E-state index contributed by atoms with van der Waals surface area (Å²) in [4.78, 5) is 0. The molecule has 0 atom stereocenters. The third-order valence-corrected chi connectivity index (χ3v) is 4.03. The number of para-hydroxylation sites is 1. The molecule has 0 aliphatic carbocycles. The van der Waals surface area contributed by atoms with Crippen molar-refractivity contribution in [3.63, 3.8) is 0 Å². The molecule has 5 nitrogen and oxygen atoms in total. The van der Waals surface area contributed by atoms with Gasteiger partial charge in [0.1, 0.15) is 0 Å². The van der Waals surface area contributed by atoms with Crippen LogP contribution in [0.1, 0.15) is 31.4 Å². The molecule has 0 saturated carbocycles. The van der Waals surface area contributed by atoms with Gasteiger partial charge in [-0.15, -0.1) is 0 Å². The first-order valence-corrected chi connectivity index (χ1v) is 9.58. The molecule has 0 radical (unpaired) electrons. The van der Waals surface area contributed by atoms with Gasteiger partial charge in [-0.2, -0.15) is 5.10 Å². The van der Waals surface area contributed by atoms with Gasteiger partial charge in [-0.1, -0.05) is 36.7 Å². The highest BCUT2D eigenvalue weighted by Gasteiger charge is 2.12. The van der Waals surface area contributed by atoms with Crippen LogP contribution in [0.25, 0.3) is 0 Å². The Labute approximate surface area is 170 Å². The van der Waals surface area contributed by atoms with Crippen molar-refractivity contribution in [3.05, 3.63) is 52.5 Å². The van der Waals surface area contributed by atoms with Gasteiger partial charge in [0.05, 0.1) is 24.5 Å². The van der Waals surface area contributed by atoms with E-state index < -0.39 is 0 Å². The van der Waals surface area contributed by atoms with Crippen molar-refractivity contribution < 1.29 is 9.47 Å². The Kier molecular flexibility index (Phi) is 8.36. The first kappa shape index (κ1) is 21.0. The van der Waals surface area contributed by atoms with E-state index in [1.54, 1.807) is 12.3 Å². The summed E-state index contributed by atoms with van der Waals surface area (Å²) in [7, 11) is 0. The van der Waals surface area contributed by atoms with E-state index in [4.69, 9.17) is 33.3 Å². The predicted molar refractivity (Wildman–Crippen MR) is 117 cm³/mol. The molecule has 7 heteroatoms. The van der Waals surface area contributed by atoms with Crippen molar-refractivity contribution in [1.29, 1.82) is 0 Å². The number of thiocarbonyl (C=S) groups is 1. The Morgan fingerprint density at radius 2 is 2.00 bits per heavy atom. The second-order valence-corrected chi connectivity index (χ2v) is 6.57. The third kappa shape index (κ3) is 6.41. The molecule has 144 valence electrons. The zero-order valence-electron chi connectivity index (χ0n) is 15.7. The van der Waals surface area contributed by atoms with E-state index in [1.165, 1.54) is 0 Å². The fourth-order valence-corrected chi connectivity index (χ4v) is 2.73. The van der Waals surface area contributed by atoms with Crippen LogP contribution >= 0.6 is 23.8 Å². The SMILES string of the molecule is CCCOc1c(Cl)cc(/C=N\NC(=S)Nc2ccccc2C)cc1OCC. The zero-order chi connectivity index (χ0) is 19.6. The molecule has 0 fully saturated rings. The maximum atomic E-state index is 6.35. The van der Waals surface area contributed by atoms with Crippen LogP contribution in [0.2, 0.25) is 5.02 Å². The number of hydrogen-bond acceptors (Lipinski definition) is 4. The number of benzene rings is 2. The number of aryl methyl sites for hydroxylation is 1. The van der Waals surface area contributed by atoms with Gasteiger partial charge < -0.3 is 14.8 Å². The number of halogens is 1. The summed E-state index contributed by atoms with van der Waals surface area (Å²) < 4.78 is 11.3. The standard InChI is InChI=1S/C20H24ClN3O2S/c1-4-10-26-19-16(21)11-15(12-18(19)25-5-2)13-22-24-20(27)23-17-9-7-6-8-14(17)3/h6-9,11-13H,4-5,10H2,1-3H3,(H2,23,24,27)/b22-13-. The number of nitrogens with one attached hydrogen (secondary N) is 2. The molecule has 0 bridgehead atoms. The lowest BCUT2D eigenvalue weighted by atomic mass is 10.2. The van der Waals surface area contributed by atoms with Crippen molar-refractivity contribution in [1.82, 2.24) is 5.43 Å². The molecule has 2 rings (SSSR count). The summed E-state index contributed by atoms with van der Waals surface area (Å²) in [5.41, 5.74) is 5.61. The largest absolute Gasteiger partial charge is 0.490 e. The third-order valence-electron chi connectivity index (χ3n) is 3.56. The number of anilines is 1. The molecule has 0 saturated heterocycles. The molecule has 0 heterocycles. The fraction of sp³-hybridized carbons (Fsp3) is 0.300. The van der Waals surface area contributed by atoms with Crippen molar-refractivity contribution in [2.45, 2.75) is 27.2 Å². The Balaban J connectivity index is 2.05. The van der Waals surface area contributed by atoms with Gasteiger partial charge in [-0.05, 0) is 61.8 Å². The minimum absolute atomic E-state index is 0.402. The first-order chi connectivity index (χ1) is 13.0. The normalized spacial score (nSPS) is 10.7. The second kappa shape index (κ2) is 10.7. The second-order valence-electron chi connectivity index (χ2n) is 5.75. The van der Waals surface area contributed by atoms with Crippen molar-refractivity contribution in [2.75, 3.05) is 18.5 Å². The van der Waals surface area contributed by atoms with E-state index in [0.717, 1.165) is 23.2 Å². The monoisotopic (exact) mass is 405 g/mol. The van der Waals surface area contributed by atoms with Crippen molar-refractivity contribution >= 4 is 40.8 Å². The summed E-state index contributed by atoms with van der Waals surface area (Å²) in [6.45, 7) is 7.05. The van der Waals surface area contributed by atoms with E-state index in [9.17, 15) is 0 Å². The molecular weight excluding hydrogens is 382 g/mol. The average Bonchev–Trinajstić information content (AvgIpc) is 2.63. The van der Waals surface area contributed by atoms with Gasteiger partial charge in [-0.25, -0.2) is 0 Å². The molecule has 0 spiro atoms. The molecule has 2 aromatic carbocycles. The van der Waals surface area contributed by atoms with Crippen LogP contribution in [0.4, 0.5) is 5.69 Å². The highest BCUT2D eigenvalue weighted by molar-refractivity contribution is 7.80. The molecule has 0 aliphatic rings. The summed E-state index contributed by atoms with van der Waals surface area (Å²) >= 11 is 11.6. The smallest absolute Gasteiger partial charge is 0.191 e. The molecule has 2 aromatic rings. The van der Waals surface area contributed by atoms with E-state index >= 15 is 0 Å². The summed E-state index contributed by atoms with van der Waals surface area (Å²) in [5, 5.41) is 8.16. The predicted octanol–water partition coefficient (Wildman–Crippen LogP) is 5.16. The Morgan fingerprint density at radius 3 is 2.70 bits per heavy atom. The van der Waals surface area contributed by atoms with E-state index in [0.29, 0.717) is 34.8 Å². The molecule has 0 amide bonds. The van der Waals surface area contributed by atoms with Crippen LogP contribution in [0.5, 0.6) is 11.5 Å². The van der Waals surface area contributed by atoms with Crippen LogP contribution in [0.3, 0.4) is 0 Å². The van der Waals surface area contributed by atoms with Crippen molar-refractivity contribution in [3.8, 4) is 11.5 Å². The lowest BCUT2D eigenvalue weighted by molar-refractivity contribution is 0.277. The van der Waals surface area contributed by atoms with Crippen LogP contribution < -0.4 is 20.2 Å². The van der Waals surface area contributed by atoms with Gasteiger partial charge in [-0.3, -0.25) is 5.43 Å². The minimum atomic E-state index is 0.402. The molecule has 27 heavy (non-hydrogen) atoms. The van der Waals surface area contributed by atoms with Crippen LogP contribution in [-0.4, -0.2) is 24.5 Å².